The van der Waals surface area contributed by atoms with Crippen LogP contribution in [0.25, 0.3) is 0 Å². The van der Waals surface area contributed by atoms with Crippen molar-refractivity contribution in [3.05, 3.63) is 23.8 Å². The first-order valence-corrected chi connectivity index (χ1v) is 6.24. The molecule has 0 unspecified atom stereocenters. The van der Waals surface area contributed by atoms with Crippen LogP contribution in [0.5, 0.6) is 0 Å². The van der Waals surface area contributed by atoms with Crippen molar-refractivity contribution < 1.29 is 13.0 Å². The molecule has 1 aromatic rings. The zero-order valence-electron chi connectivity index (χ0n) is 7.31. The van der Waals surface area contributed by atoms with Gasteiger partial charge >= 0.3 is 29.6 Å². The van der Waals surface area contributed by atoms with Crippen LogP contribution in [0.1, 0.15) is 5.56 Å². The average molecular weight is 242 g/mol. The molecule has 0 saturated carbocycles. The molecule has 14 heavy (non-hydrogen) atoms. The van der Waals surface area contributed by atoms with Crippen molar-refractivity contribution >= 4 is 51.4 Å². The number of thioether (sulfide) groups is 1. The molecule has 0 aliphatic carbocycles. The van der Waals surface area contributed by atoms with Crippen LogP contribution < -0.4 is 0 Å². The van der Waals surface area contributed by atoms with Gasteiger partial charge in [0.2, 0.25) is 0 Å². The van der Waals surface area contributed by atoms with E-state index in [9.17, 15) is 8.42 Å². The second-order valence-corrected chi connectivity index (χ2v) is 4.79. The summed E-state index contributed by atoms with van der Waals surface area (Å²) in [4.78, 5) is 0.588. The Hall–Kier alpha value is 0.480. The zero-order valence-corrected chi connectivity index (χ0v) is 8.95. The third-order valence-electron chi connectivity index (χ3n) is 1.65. The van der Waals surface area contributed by atoms with E-state index in [1.165, 1.54) is 11.8 Å². The van der Waals surface area contributed by atoms with E-state index in [1.54, 1.807) is 31.4 Å². The Morgan fingerprint density at radius 3 is 2.29 bits per heavy atom. The van der Waals surface area contributed by atoms with Crippen molar-refractivity contribution in [1.82, 2.24) is 0 Å². The van der Waals surface area contributed by atoms with Gasteiger partial charge in [0, 0.05) is 4.90 Å². The van der Waals surface area contributed by atoms with Crippen LogP contribution in [0.3, 0.4) is 0 Å². The molecule has 0 radical (unpaired) electrons. The molecule has 0 aliphatic rings. The average Bonchev–Trinajstić information content (AvgIpc) is 2.01. The Morgan fingerprint density at radius 1 is 1.36 bits per heavy atom. The number of benzene rings is 1. The van der Waals surface area contributed by atoms with Gasteiger partial charge < -0.3 is 0 Å². The summed E-state index contributed by atoms with van der Waals surface area (Å²) in [6.45, 7) is 1.66. The normalized spacial score (nSPS) is 10.8. The van der Waals surface area contributed by atoms with E-state index in [0.717, 1.165) is 0 Å². The molecule has 0 aliphatic heterocycles. The first kappa shape index (κ1) is 14.5. The summed E-state index contributed by atoms with van der Waals surface area (Å²) in [7, 11) is -4.10. The van der Waals surface area contributed by atoms with Crippen LogP contribution in [0.4, 0.5) is 0 Å². The fourth-order valence-corrected chi connectivity index (χ4v) is 3.04. The Morgan fingerprint density at radius 2 is 1.93 bits per heavy atom. The summed E-state index contributed by atoms with van der Waals surface area (Å²) < 4.78 is 30.9. The van der Waals surface area contributed by atoms with E-state index < -0.39 is 10.1 Å². The maximum atomic E-state index is 11.0. The molecule has 1 N–H and O–H groups in total. The maximum absolute atomic E-state index is 11.0. The molecule has 0 saturated heterocycles. The fourth-order valence-electron chi connectivity index (χ4n) is 1.12. The minimum absolute atomic E-state index is 0. The summed E-state index contributed by atoms with van der Waals surface area (Å²) in [5.74, 6) is 0. The van der Waals surface area contributed by atoms with E-state index in [1.807, 2.05) is 0 Å². The summed E-state index contributed by atoms with van der Waals surface area (Å²) >= 11 is 1.30. The third-order valence-corrected chi connectivity index (χ3v) is 3.62. The molecule has 6 heteroatoms. The van der Waals surface area contributed by atoms with E-state index in [-0.39, 0.29) is 34.5 Å². The van der Waals surface area contributed by atoms with E-state index in [2.05, 4.69) is 0 Å². The van der Waals surface area contributed by atoms with Crippen molar-refractivity contribution in [3.63, 3.8) is 0 Å². The monoisotopic (exact) mass is 242 g/mol. The zero-order chi connectivity index (χ0) is 10.1. The second-order valence-electron chi connectivity index (χ2n) is 2.58. The van der Waals surface area contributed by atoms with E-state index in [4.69, 9.17) is 4.55 Å². The summed E-state index contributed by atoms with van der Waals surface area (Å²) in [5, 5.41) is 0. The third kappa shape index (κ3) is 3.25. The van der Waals surface area contributed by atoms with Crippen LogP contribution in [0, 0.1) is 6.92 Å². The standard InChI is InChI=1S/C8H10O3S2.Na.H/c1-6-4-3-5-7(12-2)8(6)13(9,10)11;;/h3-5H,1-2H3,(H,9,10,11);;. The Labute approximate surface area is 110 Å². The van der Waals surface area contributed by atoms with Gasteiger partial charge in [-0.3, -0.25) is 4.55 Å². The van der Waals surface area contributed by atoms with Crippen molar-refractivity contribution in [2.24, 2.45) is 0 Å². The SMILES string of the molecule is CSc1cccc(C)c1S(=O)(=O)O.[NaH]. The van der Waals surface area contributed by atoms with Crippen LogP contribution in [0.2, 0.25) is 0 Å². The minimum atomic E-state index is -4.10. The second kappa shape index (κ2) is 5.53. The Kier molecular flexibility index (Phi) is 5.72. The van der Waals surface area contributed by atoms with Crippen LogP contribution in [-0.2, 0) is 10.1 Å². The van der Waals surface area contributed by atoms with Gasteiger partial charge in [-0.2, -0.15) is 8.42 Å². The number of hydrogen-bond acceptors (Lipinski definition) is 3. The molecule has 0 spiro atoms. The van der Waals surface area contributed by atoms with Crippen molar-refractivity contribution in [2.75, 3.05) is 6.26 Å². The van der Waals surface area contributed by atoms with Crippen molar-refractivity contribution in [1.29, 1.82) is 0 Å². The first-order chi connectivity index (χ1) is 5.96. The molecule has 74 valence electrons. The molecular weight excluding hydrogens is 231 g/mol. The molecule has 0 amide bonds. The van der Waals surface area contributed by atoms with E-state index >= 15 is 0 Å². The van der Waals surface area contributed by atoms with Gasteiger partial charge in [-0.05, 0) is 24.8 Å². The van der Waals surface area contributed by atoms with Gasteiger partial charge in [0.25, 0.3) is 10.1 Å². The van der Waals surface area contributed by atoms with Crippen LogP contribution >= 0.6 is 11.8 Å². The van der Waals surface area contributed by atoms with Gasteiger partial charge in [-0.1, -0.05) is 12.1 Å². The molecule has 0 heterocycles. The molecule has 1 aromatic carbocycles. The van der Waals surface area contributed by atoms with Crippen molar-refractivity contribution in [2.45, 2.75) is 16.7 Å². The molecular formula is C8H11NaO3S2. The van der Waals surface area contributed by atoms with Crippen LogP contribution in [0.15, 0.2) is 28.0 Å². The molecule has 1 rings (SSSR count). The van der Waals surface area contributed by atoms with Crippen molar-refractivity contribution in [3.8, 4) is 0 Å². The van der Waals surface area contributed by atoms with Gasteiger partial charge in [0.1, 0.15) is 4.90 Å². The summed E-state index contributed by atoms with van der Waals surface area (Å²) in [5.41, 5.74) is 0.564. The van der Waals surface area contributed by atoms with Gasteiger partial charge in [0.05, 0.1) is 0 Å². The quantitative estimate of drug-likeness (QED) is 0.483. The van der Waals surface area contributed by atoms with Gasteiger partial charge in [-0.15, -0.1) is 11.8 Å². The number of aryl methyl sites for hydroxylation is 1. The molecule has 0 aromatic heterocycles. The first-order valence-electron chi connectivity index (χ1n) is 3.58. The topological polar surface area (TPSA) is 54.4 Å². The van der Waals surface area contributed by atoms with Crippen LogP contribution in [-0.4, -0.2) is 48.8 Å². The summed E-state index contributed by atoms with van der Waals surface area (Å²) in [6.07, 6.45) is 1.77. The van der Waals surface area contributed by atoms with E-state index in [0.29, 0.717) is 10.5 Å². The number of rotatable bonds is 2. The molecule has 0 atom stereocenters. The van der Waals surface area contributed by atoms with Gasteiger partial charge in [0.15, 0.2) is 0 Å². The van der Waals surface area contributed by atoms with Gasteiger partial charge in [-0.25, -0.2) is 0 Å². The molecule has 3 nitrogen and oxygen atoms in total. The predicted octanol–water partition coefficient (Wildman–Crippen LogP) is 1.32. The Balaban J connectivity index is 0.00000169. The Bertz CT molecular complexity index is 415. The summed E-state index contributed by atoms with van der Waals surface area (Å²) in [6, 6.07) is 5.08. The molecule has 0 bridgehead atoms. The number of hydrogen-bond donors (Lipinski definition) is 1. The predicted molar refractivity (Wildman–Crippen MR) is 59.9 cm³/mol. The fraction of sp³-hybridized carbons (Fsp3) is 0.250. The molecule has 0 fully saturated rings.